The molecule has 4 rings (SSSR count). The summed E-state index contributed by atoms with van der Waals surface area (Å²) in [5.74, 6) is 6.43. The Kier molecular flexibility index (Phi) is 6.25. The Bertz CT molecular complexity index is 962. The number of hydrogen-bond acceptors (Lipinski definition) is 8. The molecule has 0 unspecified atom stereocenters. The average Bonchev–Trinajstić information content (AvgIpc) is 3.18. The maximum atomic E-state index is 12.3. The molecular weight excluding hydrogens is 374 g/mol. The van der Waals surface area contributed by atoms with E-state index in [1.807, 2.05) is 18.7 Å². The van der Waals surface area contributed by atoms with E-state index in [0.717, 1.165) is 30.9 Å². The van der Waals surface area contributed by atoms with Crippen molar-refractivity contribution < 1.29 is 0 Å². The lowest BCUT2D eigenvalue weighted by atomic mass is 10.3. The maximum Gasteiger partial charge on any atom is 0.274 e. The van der Waals surface area contributed by atoms with Gasteiger partial charge in [-0.2, -0.15) is 4.68 Å². The van der Waals surface area contributed by atoms with Crippen molar-refractivity contribution in [2.24, 2.45) is 0 Å². The number of nitrogen functional groups attached to an aromatic ring is 1. The van der Waals surface area contributed by atoms with Crippen molar-refractivity contribution in [1.29, 1.82) is 0 Å². The van der Waals surface area contributed by atoms with Gasteiger partial charge < -0.3 is 15.6 Å². The number of nitrogens with zero attached hydrogens (tertiary/aromatic N) is 6. The average molecular weight is 400 g/mol. The molecule has 148 valence electrons. The second-order valence-electron chi connectivity index (χ2n) is 6.10. The summed E-state index contributed by atoms with van der Waals surface area (Å²) in [6.07, 6.45) is 3.06. The zero-order valence-corrected chi connectivity index (χ0v) is 17.2. The van der Waals surface area contributed by atoms with Gasteiger partial charge in [0.15, 0.2) is 0 Å². The van der Waals surface area contributed by atoms with Gasteiger partial charge in [-0.15, -0.1) is 11.3 Å². The number of aromatic nitrogens is 4. The molecule has 0 bridgehead atoms. The van der Waals surface area contributed by atoms with Gasteiger partial charge in [0.05, 0.1) is 16.4 Å². The fourth-order valence-electron chi connectivity index (χ4n) is 2.99. The zero-order chi connectivity index (χ0) is 20.1. The first-order valence-electron chi connectivity index (χ1n) is 9.34. The van der Waals surface area contributed by atoms with E-state index >= 15 is 0 Å². The molecule has 9 heteroatoms. The Morgan fingerprint density at radius 3 is 2.36 bits per heavy atom. The van der Waals surface area contributed by atoms with Crippen LogP contribution in [0.15, 0.2) is 41.6 Å². The van der Waals surface area contributed by atoms with Gasteiger partial charge in [-0.3, -0.25) is 4.79 Å². The summed E-state index contributed by atoms with van der Waals surface area (Å²) in [7, 11) is 0. The standard InChI is InChI=1S/C17H19N7OS.C2H6/c1-12-2-3-16(26-12)22-6-8-23(9-7-22)17-21-14(10-15(25)24(17)18)13-4-5-19-11-20-13;1-2/h2-5,10-11H,6-9,18H2,1H3;1-2H3. The second kappa shape index (κ2) is 8.83. The third-order valence-corrected chi connectivity index (χ3v) is 5.44. The normalized spacial score (nSPS) is 13.8. The molecule has 1 saturated heterocycles. The third kappa shape index (κ3) is 4.14. The van der Waals surface area contributed by atoms with Gasteiger partial charge >= 0.3 is 0 Å². The fourth-order valence-corrected chi connectivity index (χ4v) is 3.91. The van der Waals surface area contributed by atoms with Crippen LogP contribution in [0.4, 0.5) is 10.9 Å². The lowest BCUT2D eigenvalue weighted by Crippen LogP contribution is -2.49. The highest BCUT2D eigenvalue weighted by molar-refractivity contribution is 7.16. The molecule has 0 amide bonds. The van der Waals surface area contributed by atoms with Crippen LogP contribution >= 0.6 is 11.3 Å². The Morgan fingerprint density at radius 2 is 1.75 bits per heavy atom. The lowest BCUT2D eigenvalue weighted by Gasteiger charge is -2.36. The number of hydrogen-bond donors (Lipinski definition) is 1. The van der Waals surface area contributed by atoms with E-state index in [0.29, 0.717) is 17.3 Å². The molecule has 0 aromatic carbocycles. The van der Waals surface area contributed by atoms with E-state index < -0.39 is 0 Å². The van der Waals surface area contributed by atoms with E-state index in [4.69, 9.17) is 5.84 Å². The van der Waals surface area contributed by atoms with Crippen LogP contribution in [0.2, 0.25) is 0 Å². The van der Waals surface area contributed by atoms with Crippen LogP contribution in [0.3, 0.4) is 0 Å². The third-order valence-electron chi connectivity index (χ3n) is 4.38. The Balaban J connectivity index is 0.00000109. The van der Waals surface area contributed by atoms with Crippen molar-refractivity contribution in [2.45, 2.75) is 20.8 Å². The predicted octanol–water partition coefficient (Wildman–Crippen LogP) is 2.14. The van der Waals surface area contributed by atoms with Gasteiger partial charge in [0, 0.05) is 43.3 Å². The van der Waals surface area contributed by atoms with Crippen LogP contribution in [-0.4, -0.2) is 45.8 Å². The summed E-state index contributed by atoms with van der Waals surface area (Å²) in [4.78, 5) is 30.6. The first-order valence-corrected chi connectivity index (χ1v) is 10.2. The molecule has 3 aromatic rings. The van der Waals surface area contributed by atoms with Crippen LogP contribution in [0.5, 0.6) is 0 Å². The molecule has 4 heterocycles. The summed E-state index contributed by atoms with van der Waals surface area (Å²) < 4.78 is 1.11. The van der Waals surface area contributed by atoms with E-state index in [1.54, 1.807) is 23.6 Å². The number of nitrogens with two attached hydrogens (primary N) is 1. The lowest BCUT2D eigenvalue weighted by molar-refractivity contribution is 0.629. The molecular formula is C19H25N7OS. The fraction of sp³-hybridized carbons (Fsp3) is 0.368. The topological polar surface area (TPSA) is 93.2 Å². The number of aryl methyl sites for hydroxylation is 1. The van der Waals surface area contributed by atoms with Crippen molar-refractivity contribution in [1.82, 2.24) is 19.6 Å². The van der Waals surface area contributed by atoms with Crippen molar-refractivity contribution in [2.75, 3.05) is 41.8 Å². The number of piperazine rings is 1. The van der Waals surface area contributed by atoms with Gasteiger partial charge in [-0.25, -0.2) is 15.0 Å². The van der Waals surface area contributed by atoms with Crippen LogP contribution in [0.1, 0.15) is 18.7 Å². The van der Waals surface area contributed by atoms with Crippen LogP contribution in [-0.2, 0) is 0 Å². The van der Waals surface area contributed by atoms with Crippen LogP contribution in [0.25, 0.3) is 11.4 Å². The highest BCUT2D eigenvalue weighted by atomic mass is 32.1. The number of thiophene rings is 1. The molecule has 0 radical (unpaired) electrons. The molecule has 2 N–H and O–H groups in total. The monoisotopic (exact) mass is 399 g/mol. The maximum absolute atomic E-state index is 12.3. The zero-order valence-electron chi connectivity index (χ0n) is 16.4. The van der Waals surface area contributed by atoms with Gasteiger partial charge in [0.1, 0.15) is 6.33 Å². The predicted molar refractivity (Wildman–Crippen MR) is 115 cm³/mol. The molecule has 0 spiro atoms. The number of rotatable bonds is 3. The van der Waals surface area contributed by atoms with Gasteiger partial charge in [0.25, 0.3) is 5.56 Å². The summed E-state index contributed by atoms with van der Waals surface area (Å²) in [6, 6.07) is 7.42. The molecule has 8 nitrogen and oxygen atoms in total. The summed E-state index contributed by atoms with van der Waals surface area (Å²) in [5.41, 5.74) is 0.803. The first kappa shape index (κ1) is 19.8. The largest absolute Gasteiger partial charge is 0.360 e. The minimum atomic E-state index is -0.306. The first-order chi connectivity index (χ1) is 13.6. The SMILES string of the molecule is CC.Cc1ccc(N2CCN(c3nc(-c4ccncn4)cc(=O)n3N)CC2)s1. The highest BCUT2D eigenvalue weighted by Gasteiger charge is 2.22. The Hall–Kier alpha value is -2.94. The quantitative estimate of drug-likeness (QED) is 0.675. The molecule has 0 aliphatic carbocycles. The Labute approximate surface area is 168 Å². The van der Waals surface area contributed by atoms with Crippen LogP contribution in [0, 0.1) is 6.92 Å². The van der Waals surface area contributed by atoms with E-state index in [-0.39, 0.29) is 5.56 Å². The van der Waals surface area contributed by atoms with Crippen molar-refractivity contribution in [3.8, 4) is 11.4 Å². The molecule has 0 atom stereocenters. The molecule has 1 aliphatic heterocycles. The van der Waals surface area contributed by atoms with Gasteiger partial charge in [0.2, 0.25) is 5.95 Å². The minimum absolute atomic E-state index is 0.306. The molecule has 0 saturated carbocycles. The second-order valence-corrected chi connectivity index (χ2v) is 7.37. The summed E-state index contributed by atoms with van der Waals surface area (Å²) >= 11 is 1.79. The van der Waals surface area contributed by atoms with Gasteiger partial charge in [-0.1, -0.05) is 13.8 Å². The van der Waals surface area contributed by atoms with E-state index in [9.17, 15) is 4.79 Å². The van der Waals surface area contributed by atoms with E-state index in [1.165, 1.54) is 22.3 Å². The number of anilines is 2. The molecule has 28 heavy (non-hydrogen) atoms. The molecule has 1 fully saturated rings. The van der Waals surface area contributed by atoms with Crippen LogP contribution < -0.4 is 21.2 Å². The van der Waals surface area contributed by atoms with Gasteiger partial charge in [-0.05, 0) is 25.1 Å². The molecule has 1 aliphatic rings. The van der Waals surface area contributed by atoms with Crippen molar-refractivity contribution in [3.63, 3.8) is 0 Å². The van der Waals surface area contributed by atoms with E-state index in [2.05, 4.69) is 38.9 Å². The van der Waals surface area contributed by atoms with Crippen molar-refractivity contribution >= 4 is 22.3 Å². The highest BCUT2D eigenvalue weighted by Crippen LogP contribution is 2.27. The summed E-state index contributed by atoms with van der Waals surface area (Å²) in [6.45, 7) is 9.31. The minimum Gasteiger partial charge on any atom is -0.360 e. The summed E-state index contributed by atoms with van der Waals surface area (Å²) in [5, 5.41) is 1.27. The van der Waals surface area contributed by atoms with Crippen molar-refractivity contribution in [3.05, 3.63) is 52.0 Å². The smallest absolute Gasteiger partial charge is 0.274 e. The Morgan fingerprint density at radius 1 is 1.04 bits per heavy atom. The molecule has 3 aromatic heterocycles.